The number of imide groups is 1. The number of likely N-dealkylation sites (tertiary alicyclic amines) is 2. The van der Waals surface area contributed by atoms with Gasteiger partial charge in [-0.2, -0.15) is 13.2 Å². The molecule has 2 heterocycles. The Bertz CT molecular complexity index is 445. The molecule has 0 aromatic heterocycles. The summed E-state index contributed by atoms with van der Waals surface area (Å²) in [5, 5.41) is 0. The van der Waals surface area contributed by atoms with Gasteiger partial charge in [0.25, 0.3) is 0 Å². The molecule has 2 atom stereocenters. The lowest BCUT2D eigenvalue weighted by molar-refractivity contribution is -0.149. The molecule has 2 saturated heterocycles. The molecule has 120 valence electrons. The van der Waals surface area contributed by atoms with Crippen molar-refractivity contribution in [2.45, 2.75) is 45.0 Å². The largest absolute Gasteiger partial charge is 0.443 e. The summed E-state index contributed by atoms with van der Waals surface area (Å²) in [7, 11) is 0. The number of hydrogen-bond donors (Lipinski definition) is 0. The minimum atomic E-state index is -4.31. The smallest absolute Gasteiger partial charge is 0.417 e. The minimum Gasteiger partial charge on any atom is -0.443 e. The molecular formula is C13H19F3N2O3. The van der Waals surface area contributed by atoms with Crippen molar-refractivity contribution in [1.29, 1.82) is 0 Å². The lowest BCUT2D eigenvalue weighted by Crippen LogP contribution is -2.48. The number of amides is 2. The van der Waals surface area contributed by atoms with Crippen molar-refractivity contribution in [1.82, 2.24) is 9.80 Å². The quantitative estimate of drug-likeness (QED) is 0.743. The average molecular weight is 308 g/mol. The van der Waals surface area contributed by atoms with E-state index in [1.54, 1.807) is 20.8 Å². The number of fused-ring (bicyclic) bond motifs is 2. The minimum absolute atomic E-state index is 0.0359. The van der Waals surface area contributed by atoms with Crippen LogP contribution in [0.1, 0.15) is 27.2 Å². The standard InChI is InChI=1S/C13H19F3N2O3/c1-12(2,3)21-11(20)18-9-4-8(10(18)19)5-17(6-9)7-13(14,15)16/h8-9H,4-7H2,1-3H3/t8-,9+/m0/s1. The second-order valence-corrected chi connectivity index (χ2v) is 6.58. The van der Waals surface area contributed by atoms with Gasteiger partial charge in [0.2, 0.25) is 5.91 Å². The van der Waals surface area contributed by atoms with Crippen molar-refractivity contribution in [2.75, 3.05) is 19.6 Å². The Hall–Kier alpha value is -1.31. The van der Waals surface area contributed by atoms with Crippen LogP contribution in [0.15, 0.2) is 0 Å². The Kier molecular flexibility index (Phi) is 3.94. The molecule has 2 bridgehead atoms. The van der Waals surface area contributed by atoms with E-state index in [2.05, 4.69) is 0 Å². The molecule has 0 radical (unpaired) electrons. The van der Waals surface area contributed by atoms with Gasteiger partial charge in [-0.1, -0.05) is 0 Å². The molecular weight excluding hydrogens is 289 g/mol. The Morgan fingerprint density at radius 1 is 1.29 bits per heavy atom. The molecule has 0 aliphatic carbocycles. The Labute approximate surface area is 121 Å². The van der Waals surface area contributed by atoms with Gasteiger partial charge in [-0.25, -0.2) is 9.69 Å². The van der Waals surface area contributed by atoms with E-state index in [1.165, 1.54) is 4.90 Å². The van der Waals surface area contributed by atoms with Crippen LogP contribution in [0.5, 0.6) is 0 Å². The molecule has 0 N–H and O–H groups in total. The highest BCUT2D eigenvalue weighted by Crippen LogP contribution is 2.33. The number of hydrogen-bond acceptors (Lipinski definition) is 4. The van der Waals surface area contributed by atoms with Gasteiger partial charge in [-0.3, -0.25) is 9.69 Å². The molecule has 2 aliphatic heterocycles. The number of piperidine rings is 1. The molecule has 2 amide bonds. The number of carbonyl (C=O) groups is 2. The highest BCUT2D eigenvalue weighted by molar-refractivity contribution is 5.96. The van der Waals surface area contributed by atoms with E-state index in [9.17, 15) is 22.8 Å². The summed E-state index contributed by atoms with van der Waals surface area (Å²) in [5.41, 5.74) is -0.750. The van der Waals surface area contributed by atoms with E-state index in [-0.39, 0.29) is 13.1 Å². The molecule has 0 unspecified atom stereocenters. The van der Waals surface area contributed by atoms with Crippen LogP contribution < -0.4 is 0 Å². The van der Waals surface area contributed by atoms with Gasteiger partial charge in [0, 0.05) is 13.1 Å². The normalized spacial score (nSPS) is 27.1. The summed E-state index contributed by atoms with van der Waals surface area (Å²) >= 11 is 0. The summed E-state index contributed by atoms with van der Waals surface area (Å²) in [6.45, 7) is 4.04. The highest BCUT2D eigenvalue weighted by atomic mass is 19.4. The first kappa shape index (κ1) is 16.1. The van der Waals surface area contributed by atoms with E-state index in [1.807, 2.05) is 0 Å². The fourth-order valence-corrected chi connectivity index (χ4v) is 2.84. The van der Waals surface area contributed by atoms with E-state index in [0.717, 1.165) is 4.90 Å². The van der Waals surface area contributed by atoms with E-state index in [4.69, 9.17) is 4.74 Å². The van der Waals surface area contributed by atoms with Gasteiger partial charge in [0.15, 0.2) is 0 Å². The monoisotopic (exact) mass is 308 g/mol. The zero-order chi connectivity index (χ0) is 16.0. The van der Waals surface area contributed by atoms with Crippen LogP contribution in [-0.2, 0) is 9.53 Å². The Morgan fingerprint density at radius 3 is 2.43 bits per heavy atom. The zero-order valence-corrected chi connectivity index (χ0v) is 12.2. The zero-order valence-electron chi connectivity index (χ0n) is 12.2. The summed E-state index contributed by atoms with van der Waals surface area (Å²) in [6.07, 6.45) is -4.67. The van der Waals surface area contributed by atoms with Crippen LogP contribution in [0, 0.1) is 5.92 Å². The van der Waals surface area contributed by atoms with Gasteiger partial charge in [0.1, 0.15) is 5.60 Å². The van der Waals surface area contributed by atoms with E-state index >= 15 is 0 Å². The van der Waals surface area contributed by atoms with Crippen molar-refractivity contribution in [3.05, 3.63) is 0 Å². The van der Waals surface area contributed by atoms with Gasteiger partial charge < -0.3 is 4.74 Å². The van der Waals surface area contributed by atoms with Crippen LogP contribution in [0.2, 0.25) is 0 Å². The topological polar surface area (TPSA) is 49.9 Å². The summed E-state index contributed by atoms with van der Waals surface area (Å²) in [6, 6.07) is -0.534. The molecule has 8 heteroatoms. The number of rotatable bonds is 1. The van der Waals surface area contributed by atoms with Crippen molar-refractivity contribution >= 4 is 12.0 Å². The average Bonchev–Trinajstić information content (AvgIpc) is 2.44. The van der Waals surface area contributed by atoms with Crippen LogP contribution in [0.3, 0.4) is 0 Å². The lowest BCUT2D eigenvalue weighted by atomic mass is 9.99. The lowest BCUT2D eigenvalue weighted by Gasteiger charge is -2.32. The Balaban J connectivity index is 2.07. The van der Waals surface area contributed by atoms with Crippen LogP contribution >= 0.6 is 0 Å². The second-order valence-electron chi connectivity index (χ2n) is 6.58. The molecule has 0 saturated carbocycles. The van der Waals surface area contributed by atoms with Crippen molar-refractivity contribution in [3.63, 3.8) is 0 Å². The van der Waals surface area contributed by atoms with Gasteiger partial charge in [0.05, 0.1) is 18.5 Å². The molecule has 0 aromatic carbocycles. The number of ether oxygens (including phenoxy) is 1. The maximum absolute atomic E-state index is 12.5. The highest BCUT2D eigenvalue weighted by Gasteiger charge is 2.50. The molecule has 2 fully saturated rings. The molecule has 21 heavy (non-hydrogen) atoms. The molecule has 0 aromatic rings. The number of halogens is 3. The molecule has 2 aliphatic rings. The third-order valence-corrected chi connectivity index (χ3v) is 3.45. The third-order valence-electron chi connectivity index (χ3n) is 3.45. The maximum Gasteiger partial charge on any atom is 0.417 e. The van der Waals surface area contributed by atoms with Gasteiger partial charge in [-0.15, -0.1) is 0 Å². The predicted octanol–water partition coefficient (Wildman–Crippen LogP) is 2.02. The fraction of sp³-hybridized carbons (Fsp3) is 0.846. The van der Waals surface area contributed by atoms with E-state index < -0.39 is 42.3 Å². The van der Waals surface area contributed by atoms with Crippen molar-refractivity contribution < 1.29 is 27.5 Å². The van der Waals surface area contributed by atoms with Crippen LogP contribution in [-0.4, -0.2) is 59.3 Å². The molecule has 2 rings (SSSR count). The Morgan fingerprint density at radius 2 is 1.90 bits per heavy atom. The second kappa shape index (κ2) is 5.15. The number of alkyl halides is 3. The van der Waals surface area contributed by atoms with Crippen LogP contribution in [0.4, 0.5) is 18.0 Å². The molecule has 5 nitrogen and oxygen atoms in total. The van der Waals surface area contributed by atoms with Gasteiger partial charge in [-0.05, 0) is 27.2 Å². The first-order valence-corrected chi connectivity index (χ1v) is 6.81. The van der Waals surface area contributed by atoms with Gasteiger partial charge >= 0.3 is 12.3 Å². The third kappa shape index (κ3) is 3.87. The number of carbonyl (C=O) groups excluding carboxylic acids is 2. The first-order valence-electron chi connectivity index (χ1n) is 6.81. The summed E-state index contributed by atoms with van der Waals surface area (Å²) in [5.74, 6) is -0.988. The van der Waals surface area contributed by atoms with Crippen molar-refractivity contribution in [2.24, 2.45) is 5.92 Å². The predicted molar refractivity (Wildman–Crippen MR) is 67.5 cm³/mol. The fourth-order valence-electron chi connectivity index (χ4n) is 2.84. The maximum atomic E-state index is 12.5. The summed E-state index contributed by atoms with van der Waals surface area (Å²) in [4.78, 5) is 26.4. The van der Waals surface area contributed by atoms with Crippen molar-refractivity contribution in [3.8, 4) is 0 Å². The summed E-state index contributed by atoms with van der Waals surface area (Å²) < 4.78 is 42.5. The number of nitrogens with zero attached hydrogens (tertiary/aromatic N) is 2. The molecule has 0 spiro atoms. The SMILES string of the molecule is CC(C)(C)OC(=O)N1C(=O)[C@H]2C[C@@H]1CN(CC(F)(F)F)C2. The first-order chi connectivity index (χ1) is 9.46. The van der Waals surface area contributed by atoms with Crippen LogP contribution in [0.25, 0.3) is 0 Å². The van der Waals surface area contributed by atoms with E-state index in [0.29, 0.717) is 6.42 Å².